The van der Waals surface area contributed by atoms with Crippen molar-refractivity contribution in [2.45, 2.75) is 13.0 Å². The van der Waals surface area contributed by atoms with Gasteiger partial charge in [-0.3, -0.25) is 0 Å². The van der Waals surface area contributed by atoms with Crippen LogP contribution in [-0.2, 0) is 7.05 Å². The highest BCUT2D eigenvalue weighted by Crippen LogP contribution is 2.25. The van der Waals surface area contributed by atoms with Gasteiger partial charge in [0.15, 0.2) is 0 Å². The third-order valence-corrected chi connectivity index (χ3v) is 2.81. The van der Waals surface area contributed by atoms with Gasteiger partial charge in [-0.2, -0.15) is 0 Å². The highest BCUT2D eigenvalue weighted by Gasteiger charge is 2.23. The third-order valence-electron chi connectivity index (χ3n) is 2.81. The number of nitrogens with zero attached hydrogens (tertiary/aromatic N) is 2. The van der Waals surface area contributed by atoms with E-state index in [2.05, 4.69) is 10.3 Å². The molecule has 1 atom stereocenters. The van der Waals surface area contributed by atoms with Crippen molar-refractivity contribution in [3.63, 3.8) is 0 Å². The first-order valence-corrected chi connectivity index (χ1v) is 5.79. The number of halogens is 2. The zero-order valence-corrected chi connectivity index (χ0v) is 10.3. The number of benzene rings is 1. The number of aromatic nitrogens is 2. The number of rotatable bonds is 4. The van der Waals surface area contributed by atoms with Crippen molar-refractivity contribution in [3.05, 3.63) is 53.6 Å². The van der Waals surface area contributed by atoms with E-state index in [1.165, 1.54) is 18.2 Å². The Morgan fingerprint density at radius 3 is 2.50 bits per heavy atom. The number of aryl methyl sites for hydroxylation is 1. The van der Waals surface area contributed by atoms with Crippen LogP contribution in [0.15, 0.2) is 30.6 Å². The topological polar surface area (TPSA) is 29.9 Å². The average molecular weight is 251 g/mol. The van der Waals surface area contributed by atoms with E-state index < -0.39 is 17.7 Å². The molecule has 18 heavy (non-hydrogen) atoms. The summed E-state index contributed by atoms with van der Waals surface area (Å²) in [4.78, 5) is 4.16. The molecule has 2 rings (SSSR count). The summed E-state index contributed by atoms with van der Waals surface area (Å²) in [5, 5.41) is 3.06. The maximum Gasteiger partial charge on any atom is 0.131 e. The fourth-order valence-corrected chi connectivity index (χ4v) is 1.97. The SMILES string of the molecule is CCNC(c1c(F)cccc1F)c1nccn1C. The Morgan fingerprint density at radius 1 is 1.33 bits per heavy atom. The van der Waals surface area contributed by atoms with Crippen LogP contribution in [0, 0.1) is 11.6 Å². The Hall–Kier alpha value is -1.75. The lowest BCUT2D eigenvalue weighted by atomic mass is 10.0. The summed E-state index contributed by atoms with van der Waals surface area (Å²) in [6.07, 6.45) is 3.36. The molecular weight excluding hydrogens is 236 g/mol. The van der Waals surface area contributed by atoms with E-state index in [1.807, 2.05) is 6.92 Å². The number of nitrogens with one attached hydrogen (secondary N) is 1. The van der Waals surface area contributed by atoms with Crippen molar-refractivity contribution in [2.24, 2.45) is 7.05 Å². The largest absolute Gasteiger partial charge is 0.336 e. The van der Waals surface area contributed by atoms with Crippen LogP contribution in [0.4, 0.5) is 8.78 Å². The number of imidazole rings is 1. The van der Waals surface area contributed by atoms with E-state index in [-0.39, 0.29) is 5.56 Å². The molecule has 3 nitrogen and oxygen atoms in total. The van der Waals surface area contributed by atoms with Crippen molar-refractivity contribution in [1.82, 2.24) is 14.9 Å². The van der Waals surface area contributed by atoms with Crippen molar-refractivity contribution in [2.75, 3.05) is 6.54 Å². The zero-order valence-electron chi connectivity index (χ0n) is 10.3. The van der Waals surface area contributed by atoms with Gasteiger partial charge in [0.2, 0.25) is 0 Å². The van der Waals surface area contributed by atoms with Crippen LogP contribution < -0.4 is 5.32 Å². The highest BCUT2D eigenvalue weighted by atomic mass is 19.1. The average Bonchev–Trinajstić information content (AvgIpc) is 2.74. The normalized spacial score (nSPS) is 12.7. The molecule has 1 aromatic carbocycles. The predicted molar refractivity (Wildman–Crippen MR) is 65.1 cm³/mol. The van der Waals surface area contributed by atoms with Gasteiger partial charge in [-0.1, -0.05) is 13.0 Å². The van der Waals surface area contributed by atoms with Crippen LogP contribution in [0.2, 0.25) is 0 Å². The monoisotopic (exact) mass is 251 g/mol. The quantitative estimate of drug-likeness (QED) is 0.904. The van der Waals surface area contributed by atoms with Crippen LogP contribution in [0.1, 0.15) is 24.4 Å². The summed E-state index contributed by atoms with van der Waals surface area (Å²) < 4.78 is 29.4. The van der Waals surface area contributed by atoms with Crippen molar-refractivity contribution >= 4 is 0 Å². The second-order valence-electron chi connectivity index (χ2n) is 4.02. The minimum atomic E-state index is -0.587. The zero-order chi connectivity index (χ0) is 13.1. The molecule has 0 amide bonds. The molecule has 1 unspecified atom stereocenters. The fourth-order valence-electron chi connectivity index (χ4n) is 1.97. The fraction of sp³-hybridized carbons (Fsp3) is 0.308. The Labute approximate surface area is 104 Å². The van der Waals surface area contributed by atoms with Crippen LogP contribution in [0.3, 0.4) is 0 Å². The van der Waals surface area contributed by atoms with Crippen molar-refractivity contribution in [1.29, 1.82) is 0 Å². The van der Waals surface area contributed by atoms with Gasteiger partial charge in [0, 0.05) is 25.0 Å². The first-order valence-electron chi connectivity index (χ1n) is 5.79. The van der Waals surface area contributed by atoms with E-state index in [1.54, 1.807) is 24.0 Å². The van der Waals surface area contributed by atoms with Gasteiger partial charge in [-0.05, 0) is 18.7 Å². The lowest BCUT2D eigenvalue weighted by Crippen LogP contribution is -2.26. The third kappa shape index (κ3) is 2.26. The summed E-state index contributed by atoms with van der Waals surface area (Å²) in [6.45, 7) is 2.47. The molecular formula is C13H15F2N3. The van der Waals surface area contributed by atoms with Crippen LogP contribution in [-0.4, -0.2) is 16.1 Å². The molecule has 0 fully saturated rings. The molecule has 0 bridgehead atoms. The van der Waals surface area contributed by atoms with Gasteiger partial charge >= 0.3 is 0 Å². The molecule has 0 aliphatic carbocycles. The van der Waals surface area contributed by atoms with Gasteiger partial charge in [0.1, 0.15) is 17.5 Å². The van der Waals surface area contributed by atoms with Crippen LogP contribution >= 0.6 is 0 Å². The summed E-state index contributed by atoms with van der Waals surface area (Å²) in [5.41, 5.74) is 0.00801. The first kappa shape index (κ1) is 12.7. The Kier molecular flexibility index (Phi) is 3.72. The predicted octanol–water partition coefficient (Wildman–Crippen LogP) is 2.40. The van der Waals surface area contributed by atoms with E-state index in [0.717, 1.165) is 0 Å². The molecule has 0 spiro atoms. The minimum Gasteiger partial charge on any atom is -0.336 e. The second-order valence-corrected chi connectivity index (χ2v) is 4.02. The van der Waals surface area contributed by atoms with Crippen molar-refractivity contribution < 1.29 is 8.78 Å². The maximum atomic E-state index is 13.8. The standard InChI is InChI=1S/C13H15F2N3/c1-3-16-12(13-17-7-8-18(13)2)11-9(14)5-4-6-10(11)15/h4-8,12,16H,3H2,1-2H3. The smallest absolute Gasteiger partial charge is 0.131 e. The van der Waals surface area contributed by atoms with Crippen LogP contribution in [0.25, 0.3) is 0 Å². The molecule has 5 heteroatoms. The summed E-state index contributed by atoms with van der Waals surface area (Å²) in [6, 6.07) is 3.28. The highest BCUT2D eigenvalue weighted by molar-refractivity contribution is 5.28. The van der Waals surface area contributed by atoms with Gasteiger partial charge in [0.05, 0.1) is 6.04 Å². The van der Waals surface area contributed by atoms with E-state index in [9.17, 15) is 8.78 Å². The summed E-state index contributed by atoms with van der Waals surface area (Å²) in [7, 11) is 1.80. The summed E-state index contributed by atoms with van der Waals surface area (Å²) >= 11 is 0. The Bertz CT molecular complexity index is 517. The van der Waals surface area contributed by atoms with Gasteiger partial charge in [-0.25, -0.2) is 13.8 Å². The number of hydrogen-bond acceptors (Lipinski definition) is 2. The second kappa shape index (κ2) is 5.27. The minimum absolute atomic E-state index is 0.00801. The molecule has 1 N–H and O–H groups in total. The molecule has 0 saturated heterocycles. The lowest BCUT2D eigenvalue weighted by Gasteiger charge is -2.19. The van der Waals surface area contributed by atoms with E-state index in [0.29, 0.717) is 12.4 Å². The molecule has 2 aromatic rings. The molecule has 1 heterocycles. The Morgan fingerprint density at radius 2 is 2.00 bits per heavy atom. The Balaban J connectivity index is 2.52. The molecule has 0 radical (unpaired) electrons. The van der Waals surface area contributed by atoms with E-state index in [4.69, 9.17) is 0 Å². The van der Waals surface area contributed by atoms with Gasteiger partial charge in [0.25, 0.3) is 0 Å². The van der Waals surface area contributed by atoms with Crippen LogP contribution in [0.5, 0.6) is 0 Å². The molecule has 0 saturated carbocycles. The first-order chi connectivity index (χ1) is 8.65. The van der Waals surface area contributed by atoms with Gasteiger partial charge < -0.3 is 9.88 Å². The molecule has 96 valence electrons. The number of hydrogen-bond donors (Lipinski definition) is 1. The molecule has 1 aromatic heterocycles. The van der Waals surface area contributed by atoms with E-state index >= 15 is 0 Å². The molecule has 0 aliphatic rings. The lowest BCUT2D eigenvalue weighted by molar-refractivity contribution is 0.492. The molecule has 0 aliphatic heterocycles. The van der Waals surface area contributed by atoms with Gasteiger partial charge in [-0.15, -0.1) is 0 Å². The summed E-state index contributed by atoms with van der Waals surface area (Å²) in [5.74, 6) is -0.547. The maximum absolute atomic E-state index is 13.8. The van der Waals surface area contributed by atoms with Crippen molar-refractivity contribution in [3.8, 4) is 0 Å².